The highest BCUT2D eigenvalue weighted by Gasteiger charge is 2.24. The normalized spacial score (nSPS) is 11.9. The summed E-state index contributed by atoms with van der Waals surface area (Å²) in [6.07, 6.45) is 0. The van der Waals surface area contributed by atoms with Gasteiger partial charge >= 0.3 is 0 Å². The minimum absolute atomic E-state index is 0.0780. The molecule has 0 fully saturated rings. The maximum absolute atomic E-state index is 13.0. The summed E-state index contributed by atoms with van der Waals surface area (Å²) >= 11 is 10.5. The lowest BCUT2D eigenvalue weighted by atomic mass is 9.93. The summed E-state index contributed by atoms with van der Waals surface area (Å²) in [5.41, 5.74) is 0.752. The smallest absolute Gasteiger partial charge is 0.185 e. The molecule has 6 heteroatoms. The largest absolute Gasteiger partial charge is 0.292 e. The van der Waals surface area contributed by atoms with Gasteiger partial charge in [-0.05, 0) is 39.7 Å². The number of nitrogens with zero attached hydrogens (tertiary/aromatic N) is 1. The zero-order valence-electron chi connectivity index (χ0n) is 9.36. The van der Waals surface area contributed by atoms with E-state index in [9.17, 15) is 14.4 Å². The fourth-order valence-electron chi connectivity index (χ4n) is 1.61. The third-order valence-electron chi connectivity index (χ3n) is 2.52. The molecule has 1 unspecified atom stereocenters. The first-order valence-corrected chi connectivity index (χ1v) is 7.21. The zero-order valence-corrected chi connectivity index (χ0v) is 12.5. The molecular weight excluding hydrogens is 353 g/mol. The summed E-state index contributed by atoms with van der Waals surface area (Å²) in [6.45, 7) is 0. The molecule has 0 N–H and O–H groups in total. The number of hydrogen-bond donors (Lipinski definition) is 0. The van der Waals surface area contributed by atoms with Crippen LogP contribution in [0, 0.1) is 17.1 Å². The van der Waals surface area contributed by atoms with Crippen LogP contribution in [0.4, 0.5) is 4.39 Å². The average molecular weight is 359 g/mol. The van der Waals surface area contributed by atoms with Crippen LogP contribution in [0.25, 0.3) is 0 Å². The molecule has 0 amide bonds. The molecule has 0 aliphatic heterocycles. The maximum Gasteiger partial charge on any atom is 0.185 e. The van der Waals surface area contributed by atoms with Crippen LogP contribution in [-0.2, 0) is 0 Å². The van der Waals surface area contributed by atoms with Gasteiger partial charge in [0.05, 0.1) is 9.86 Å². The van der Waals surface area contributed by atoms with Gasteiger partial charge in [0, 0.05) is 16.0 Å². The van der Waals surface area contributed by atoms with Crippen molar-refractivity contribution in [3.05, 3.63) is 55.4 Å². The van der Waals surface area contributed by atoms with Gasteiger partial charge in [0.25, 0.3) is 0 Å². The first kappa shape index (κ1) is 14.2. The van der Waals surface area contributed by atoms with Crippen LogP contribution in [0.2, 0.25) is 5.02 Å². The van der Waals surface area contributed by atoms with Crippen molar-refractivity contribution in [1.82, 2.24) is 0 Å². The van der Waals surface area contributed by atoms with E-state index in [0.29, 0.717) is 11.1 Å². The number of thiophene rings is 1. The number of nitriles is 1. The fourth-order valence-corrected chi connectivity index (χ4v) is 3.03. The Balaban J connectivity index is 2.40. The molecule has 1 heterocycles. The van der Waals surface area contributed by atoms with Crippen LogP contribution in [-0.4, -0.2) is 5.78 Å². The van der Waals surface area contributed by atoms with Gasteiger partial charge in [0.15, 0.2) is 5.78 Å². The van der Waals surface area contributed by atoms with E-state index in [2.05, 4.69) is 15.9 Å². The zero-order chi connectivity index (χ0) is 14.0. The Hall–Kier alpha value is -1.22. The van der Waals surface area contributed by atoms with Crippen LogP contribution in [0.15, 0.2) is 33.4 Å². The van der Waals surface area contributed by atoms with Crippen molar-refractivity contribution >= 4 is 44.7 Å². The van der Waals surface area contributed by atoms with Gasteiger partial charge in [-0.25, -0.2) is 4.39 Å². The second-order valence-electron chi connectivity index (χ2n) is 3.73. The topological polar surface area (TPSA) is 40.9 Å². The van der Waals surface area contributed by atoms with Gasteiger partial charge in [0.2, 0.25) is 0 Å². The van der Waals surface area contributed by atoms with Crippen LogP contribution in [0.3, 0.4) is 0 Å². The molecule has 0 aliphatic carbocycles. The highest BCUT2D eigenvalue weighted by atomic mass is 79.9. The van der Waals surface area contributed by atoms with E-state index in [4.69, 9.17) is 11.6 Å². The molecule has 1 atom stereocenters. The number of benzene rings is 1. The van der Waals surface area contributed by atoms with Crippen molar-refractivity contribution < 1.29 is 9.18 Å². The highest BCUT2D eigenvalue weighted by Crippen LogP contribution is 2.30. The standard InChI is InChI=1S/C13H6BrClFNOS/c14-12-3-7(6-19-12)13(18)10(5-17)9-2-1-8(16)4-11(9)15/h1-4,6,10H. The lowest BCUT2D eigenvalue weighted by Crippen LogP contribution is -2.11. The number of carbonyl (C=O) groups excluding carboxylic acids is 1. The van der Waals surface area contributed by atoms with Crippen molar-refractivity contribution in [2.75, 3.05) is 0 Å². The van der Waals surface area contributed by atoms with E-state index in [-0.39, 0.29) is 10.8 Å². The van der Waals surface area contributed by atoms with E-state index in [0.717, 1.165) is 9.85 Å². The summed E-state index contributed by atoms with van der Waals surface area (Å²) in [6, 6.07) is 7.21. The third kappa shape index (κ3) is 3.03. The summed E-state index contributed by atoms with van der Waals surface area (Å²) in [7, 11) is 0. The third-order valence-corrected chi connectivity index (χ3v) is 4.35. The molecule has 0 saturated carbocycles. The van der Waals surface area contributed by atoms with Gasteiger partial charge in [-0.1, -0.05) is 17.7 Å². The van der Waals surface area contributed by atoms with Crippen LogP contribution in [0.1, 0.15) is 21.8 Å². The number of Topliss-reactive ketones (excluding diaryl/α,β-unsaturated/α-hetero) is 1. The molecule has 0 radical (unpaired) electrons. The van der Waals surface area contributed by atoms with Gasteiger partial charge in [0.1, 0.15) is 11.7 Å². The Kier molecular flexibility index (Phi) is 4.35. The lowest BCUT2D eigenvalue weighted by Gasteiger charge is -2.09. The minimum atomic E-state index is -1.03. The first-order chi connectivity index (χ1) is 9.02. The quantitative estimate of drug-likeness (QED) is 0.740. The van der Waals surface area contributed by atoms with Crippen LogP contribution < -0.4 is 0 Å². The minimum Gasteiger partial charge on any atom is -0.292 e. The molecule has 1 aromatic heterocycles. The van der Waals surface area contributed by atoms with Crippen molar-refractivity contribution in [2.45, 2.75) is 5.92 Å². The second-order valence-corrected chi connectivity index (χ2v) is 6.43. The molecule has 0 saturated heterocycles. The van der Waals surface area contributed by atoms with Crippen LogP contribution >= 0.6 is 38.9 Å². The van der Waals surface area contributed by atoms with Gasteiger partial charge in [-0.3, -0.25) is 4.79 Å². The molecule has 0 bridgehead atoms. The fraction of sp³-hybridized carbons (Fsp3) is 0.0769. The Labute approximate surface area is 126 Å². The Morgan fingerprint density at radius 1 is 1.47 bits per heavy atom. The molecule has 2 nitrogen and oxygen atoms in total. The van der Waals surface area contributed by atoms with E-state index in [1.807, 2.05) is 6.07 Å². The molecule has 96 valence electrons. The summed E-state index contributed by atoms with van der Waals surface area (Å²) < 4.78 is 13.8. The van der Waals surface area contributed by atoms with Crippen molar-refractivity contribution in [2.24, 2.45) is 0 Å². The number of hydrogen-bond acceptors (Lipinski definition) is 3. The summed E-state index contributed by atoms with van der Waals surface area (Å²) in [4.78, 5) is 12.2. The number of halogens is 3. The molecule has 2 aromatic rings. The Morgan fingerprint density at radius 2 is 2.21 bits per heavy atom. The van der Waals surface area contributed by atoms with Crippen molar-refractivity contribution in [3.63, 3.8) is 0 Å². The lowest BCUT2D eigenvalue weighted by molar-refractivity contribution is 0.0979. The van der Waals surface area contributed by atoms with Crippen LogP contribution in [0.5, 0.6) is 0 Å². The Morgan fingerprint density at radius 3 is 2.74 bits per heavy atom. The van der Waals surface area contributed by atoms with Gasteiger partial charge < -0.3 is 0 Å². The average Bonchev–Trinajstić information content (AvgIpc) is 2.79. The Bertz CT molecular complexity index is 680. The van der Waals surface area contributed by atoms with E-state index < -0.39 is 11.7 Å². The SMILES string of the molecule is N#CC(C(=O)c1csc(Br)c1)c1ccc(F)cc1Cl. The molecule has 0 spiro atoms. The van der Waals surface area contributed by atoms with E-state index >= 15 is 0 Å². The van der Waals surface area contributed by atoms with E-state index in [1.54, 1.807) is 11.4 Å². The second kappa shape index (κ2) is 5.83. The number of rotatable bonds is 3. The van der Waals surface area contributed by atoms with Gasteiger partial charge in [-0.2, -0.15) is 5.26 Å². The summed E-state index contributed by atoms with van der Waals surface area (Å²) in [5, 5.41) is 10.9. The van der Waals surface area contributed by atoms with Gasteiger partial charge in [-0.15, -0.1) is 11.3 Å². The van der Waals surface area contributed by atoms with Crippen molar-refractivity contribution in [1.29, 1.82) is 5.26 Å². The monoisotopic (exact) mass is 357 g/mol. The maximum atomic E-state index is 13.0. The summed E-state index contributed by atoms with van der Waals surface area (Å²) in [5.74, 6) is -1.89. The molecule has 2 rings (SSSR count). The molecule has 1 aromatic carbocycles. The van der Waals surface area contributed by atoms with Crippen molar-refractivity contribution in [3.8, 4) is 6.07 Å². The molecule has 0 aliphatic rings. The molecular formula is C13H6BrClFNOS. The predicted octanol–water partition coefficient (Wildman–Crippen LogP) is 4.79. The predicted molar refractivity (Wildman–Crippen MR) is 76.1 cm³/mol. The van der Waals surface area contributed by atoms with E-state index in [1.165, 1.54) is 23.5 Å². The first-order valence-electron chi connectivity index (χ1n) is 5.15. The molecule has 19 heavy (non-hydrogen) atoms. The number of carbonyl (C=O) groups is 1. The number of ketones is 1. The highest BCUT2D eigenvalue weighted by molar-refractivity contribution is 9.11.